The van der Waals surface area contributed by atoms with E-state index in [1.807, 2.05) is 13.8 Å². The van der Waals surface area contributed by atoms with Crippen molar-refractivity contribution in [1.82, 2.24) is 4.90 Å². The number of hydrogen-bond acceptors (Lipinski definition) is 2. The Morgan fingerprint density at radius 3 is 2.32 bits per heavy atom. The predicted octanol–water partition coefficient (Wildman–Crippen LogP) is 3.26. The fourth-order valence-electron chi connectivity index (χ4n) is 2.27. The molecule has 0 radical (unpaired) electrons. The van der Waals surface area contributed by atoms with Crippen molar-refractivity contribution in [2.24, 2.45) is 5.41 Å². The number of benzene rings is 1. The number of piperidine rings is 1. The van der Waals surface area contributed by atoms with Crippen molar-refractivity contribution < 1.29 is 14.0 Å². The monoisotopic (exact) mass is 327 g/mol. The average Bonchev–Trinajstić information content (AvgIpc) is 2.20. The second kappa shape index (κ2) is 5.04. The van der Waals surface area contributed by atoms with E-state index in [1.165, 1.54) is 17.0 Å². The Bertz CT molecular complexity index is 502. The van der Waals surface area contributed by atoms with Crippen LogP contribution in [-0.4, -0.2) is 16.7 Å². The lowest BCUT2D eigenvalue weighted by Gasteiger charge is -2.34. The summed E-state index contributed by atoms with van der Waals surface area (Å²) in [6, 6.07) is 4.39. The second-order valence-corrected chi connectivity index (χ2v) is 6.58. The molecule has 1 fully saturated rings. The molecule has 0 atom stereocenters. The van der Waals surface area contributed by atoms with Gasteiger partial charge in [-0.1, -0.05) is 29.8 Å². The topological polar surface area (TPSA) is 37.4 Å². The van der Waals surface area contributed by atoms with E-state index in [9.17, 15) is 14.0 Å². The molecule has 1 aromatic carbocycles. The minimum atomic E-state index is -0.387. The predicted molar refractivity (Wildman–Crippen MR) is 72.7 cm³/mol. The maximum atomic E-state index is 13.3. The standard InChI is InChI=1S/C14H15BrFNO2/c1-14(2)6-12(18)17(13(19)7-14)8-9-3-10(15)5-11(16)4-9/h3-5H,6-8H2,1-2H3. The molecule has 102 valence electrons. The van der Waals surface area contributed by atoms with Gasteiger partial charge in [0.25, 0.3) is 0 Å². The van der Waals surface area contributed by atoms with E-state index in [4.69, 9.17) is 0 Å². The number of imide groups is 1. The van der Waals surface area contributed by atoms with Crippen molar-refractivity contribution in [3.63, 3.8) is 0 Å². The highest BCUT2D eigenvalue weighted by Crippen LogP contribution is 2.32. The number of rotatable bonds is 2. The molecule has 0 unspecified atom stereocenters. The van der Waals surface area contributed by atoms with Gasteiger partial charge in [0, 0.05) is 17.3 Å². The SMILES string of the molecule is CC1(C)CC(=O)N(Cc2cc(F)cc(Br)c2)C(=O)C1. The minimum absolute atomic E-state index is 0.129. The second-order valence-electron chi connectivity index (χ2n) is 5.67. The van der Waals surface area contributed by atoms with Gasteiger partial charge in [-0.05, 0) is 29.2 Å². The van der Waals surface area contributed by atoms with Crippen LogP contribution in [0.5, 0.6) is 0 Å². The van der Waals surface area contributed by atoms with Crippen LogP contribution in [0.2, 0.25) is 0 Å². The van der Waals surface area contributed by atoms with Crippen molar-refractivity contribution in [2.75, 3.05) is 0 Å². The molecule has 0 bridgehead atoms. The van der Waals surface area contributed by atoms with Gasteiger partial charge in [-0.3, -0.25) is 14.5 Å². The Morgan fingerprint density at radius 1 is 1.21 bits per heavy atom. The van der Waals surface area contributed by atoms with Gasteiger partial charge in [0.05, 0.1) is 6.54 Å². The molecular formula is C14H15BrFNO2. The first-order chi connectivity index (χ1) is 8.77. The van der Waals surface area contributed by atoms with Crippen molar-refractivity contribution in [2.45, 2.75) is 33.2 Å². The fraction of sp³-hybridized carbons (Fsp3) is 0.429. The molecule has 1 aliphatic heterocycles. The zero-order valence-corrected chi connectivity index (χ0v) is 12.5. The third kappa shape index (κ3) is 3.41. The molecule has 0 saturated carbocycles. The van der Waals surface area contributed by atoms with E-state index >= 15 is 0 Å². The van der Waals surface area contributed by atoms with Crippen LogP contribution in [0.4, 0.5) is 4.39 Å². The smallest absolute Gasteiger partial charge is 0.230 e. The normalized spacial score (nSPS) is 18.8. The van der Waals surface area contributed by atoms with Gasteiger partial charge in [0.15, 0.2) is 0 Å². The van der Waals surface area contributed by atoms with E-state index < -0.39 is 0 Å². The van der Waals surface area contributed by atoms with Crippen molar-refractivity contribution in [1.29, 1.82) is 0 Å². The summed E-state index contributed by atoms with van der Waals surface area (Å²) >= 11 is 3.20. The maximum absolute atomic E-state index is 13.3. The fourth-order valence-corrected chi connectivity index (χ4v) is 2.79. The Hall–Kier alpha value is -1.23. The summed E-state index contributed by atoms with van der Waals surface area (Å²) in [6.07, 6.45) is 0.685. The zero-order chi connectivity index (χ0) is 14.2. The average molecular weight is 328 g/mol. The van der Waals surface area contributed by atoms with E-state index in [0.717, 1.165) is 0 Å². The summed E-state index contributed by atoms with van der Waals surface area (Å²) in [4.78, 5) is 25.2. The van der Waals surface area contributed by atoms with Crippen molar-refractivity contribution >= 4 is 27.7 Å². The number of carbonyl (C=O) groups is 2. The molecule has 0 aromatic heterocycles. The molecule has 2 rings (SSSR count). The molecule has 1 aromatic rings. The first-order valence-corrected chi connectivity index (χ1v) is 6.84. The zero-order valence-electron chi connectivity index (χ0n) is 10.9. The van der Waals surface area contributed by atoms with Crippen LogP contribution >= 0.6 is 15.9 Å². The first kappa shape index (κ1) is 14.2. The van der Waals surface area contributed by atoms with Crippen LogP contribution in [0.1, 0.15) is 32.3 Å². The summed E-state index contributed by atoms with van der Waals surface area (Å²) in [5.74, 6) is -0.773. The van der Waals surface area contributed by atoms with Gasteiger partial charge < -0.3 is 0 Å². The van der Waals surface area contributed by atoms with Crippen LogP contribution in [0.25, 0.3) is 0 Å². The van der Waals surface area contributed by atoms with E-state index in [-0.39, 0.29) is 29.6 Å². The van der Waals surface area contributed by atoms with Gasteiger partial charge >= 0.3 is 0 Å². The highest BCUT2D eigenvalue weighted by atomic mass is 79.9. The van der Waals surface area contributed by atoms with Crippen LogP contribution in [0, 0.1) is 11.2 Å². The van der Waals surface area contributed by atoms with Gasteiger partial charge in [0.1, 0.15) is 5.82 Å². The molecule has 3 nitrogen and oxygen atoms in total. The highest BCUT2D eigenvalue weighted by molar-refractivity contribution is 9.10. The van der Waals surface area contributed by atoms with E-state index in [0.29, 0.717) is 22.9 Å². The van der Waals surface area contributed by atoms with Crippen LogP contribution in [0.3, 0.4) is 0 Å². The van der Waals surface area contributed by atoms with E-state index in [2.05, 4.69) is 15.9 Å². The van der Waals surface area contributed by atoms with Gasteiger partial charge in [0.2, 0.25) is 11.8 Å². The molecule has 1 aliphatic rings. The van der Waals surface area contributed by atoms with Crippen molar-refractivity contribution in [3.05, 3.63) is 34.1 Å². The van der Waals surface area contributed by atoms with Crippen LogP contribution < -0.4 is 0 Å². The van der Waals surface area contributed by atoms with Crippen molar-refractivity contribution in [3.8, 4) is 0 Å². The third-order valence-electron chi connectivity index (χ3n) is 3.12. The van der Waals surface area contributed by atoms with Gasteiger partial charge in [-0.25, -0.2) is 4.39 Å². The molecular weight excluding hydrogens is 313 g/mol. The van der Waals surface area contributed by atoms with Gasteiger partial charge in [-0.2, -0.15) is 0 Å². The lowest BCUT2D eigenvalue weighted by atomic mass is 9.81. The third-order valence-corrected chi connectivity index (χ3v) is 3.58. The largest absolute Gasteiger partial charge is 0.278 e. The molecule has 0 spiro atoms. The Balaban J connectivity index is 2.19. The Morgan fingerprint density at radius 2 is 1.79 bits per heavy atom. The number of hydrogen-bond donors (Lipinski definition) is 0. The minimum Gasteiger partial charge on any atom is -0.278 e. The molecule has 5 heteroatoms. The first-order valence-electron chi connectivity index (χ1n) is 6.05. The van der Waals surface area contributed by atoms with Crippen LogP contribution in [-0.2, 0) is 16.1 Å². The van der Waals surface area contributed by atoms with Gasteiger partial charge in [-0.15, -0.1) is 0 Å². The Kier molecular flexibility index (Phi) is 3.76. The summed E-state index contributed by atoms with van der Waals surface area (Å²) < 4.78 is 13.9. The number of likely N-dealkylation sites (tertiary alicyclic amines) is 1. The number of amides is 2. The Labute approximate surface area is 119 Å². The lowest BCUT2D eigenvalue weighted by Crippen LogP contribution is -2.45. The maximum Gasteiger partial charge on any atom is 0.230 e. The molecule has 0 N–H and O–H groups in total. The summed E-state index contributed by atoms with van der Waals surface area (Å²) in [7, 11) is 0. The number of carbonyl (C=O) groups excluding carboxylic acids is 2. The van der Waals surface area contributed by atoms with Crippen LogP contribution in [0.15, 0.2) is 22.7 Å². The molecule has 0 aliphatic carbocycles. The molecule has 1 saturated heterocycles. The van der Waals surface area contributed by atoms with E-state index in [1.54, 1.807) is 6.07 Å². The number of nitrogens with zero attached hydrogens (tertiary/aromatic N) is 1. The quantitative estimate of drug-likeness (QED) is 0.782. The molecule has 1 heterocycles. The number of halogens is 2. The summed E-state index contributed by atoms with van der Waals surface area (Å²) in [5.41, 5.74) is 0.320. The summed E-state index contributed by atoms with van der Waals surface area (Å²) in [5, 5.41) is 0. The summed E-state index contributed by atoms with van der Waals surface area (Å²) in [6.45, 7) is 3.93. The molecule has 19 heavy (non-hydrogen) atoms. The lowest BCUT2D eigenvalue weighted by molar-refractivity contribution is -0.153. The highest BCUT2D eigenvalue weighted by Gasteiger charge is 2.37. The molecule has 2 amide bonds.